The number of piperidine rings is 1. The molecule has 0 saturated carbocycles. The van der Waals surface area contributed by atoms with Gasteiger partial charge in [0.1, 0.15) is 12.4 Å². The van der Waals surface area contributed by atoms with E-state index in [0.29, 0.717) is 12.6 Å². The lowest BCUT2D eigenvalue weighted by Gasteiger charge is -2.33. The first-order valence-electron chi connectivity index (χ1n) is 8.78. The molecule has 1 aromatic heterocycles. The van der Waals surface area contributed by atoms with Gasteiger partial charge in [0.15, 0.2) is 5.96 Å². The van der Waals surface area contributed by atoms with Gasteiger partial charge < -0.3 is 20.3 Å². The molecule has 0 atom stereocenters. The number of rotatable bonds is 6. The summed E-state index contributed by atoms with van der Waals surface area (Å²) in [6.45, 7) is 3.52. The lowest BCUT2D eigenvalue weighted by molar-refractivity contribution is 0.321. The number of nitrogens with one attached hydrogen (secondary N) is 2. The minimum Gasteiger partial charge on any atom is -0.492 e. The van der Waals surface area contributed by atoms with Gasteiger partial charge in [-0.1, -0.05) is 18.2 Å². The Hall–Kier alpha value is -2.21. The summed E-state index contributed by atoms with van der Waals surface area (Å²) >= 11 is 1.82. The van der Waals surface area contributed by atoms with Crippen molar-refractivity contribution in [1.29, 1.82) is 0 Å². The van der Waals surface area contributed by atoms with E-state index >= 15 is 0 Å². The summed E-state index contributed by atoms with van der Waals surface area (Å²) in [6, 6.07) is 14.7. The Bertz CT molecular complexity index is 637. The number of benzene rings is 1. The fraction of sp³-hybridized carbons (Fsp3) is 0.421. The molecule has 1 aromatic carbocycles. The molecule has 5 nitrogen and oxygen atoms in total. The van der Waals surface area contributed by atoms with Crippen LogP contribution in [-0.4, -0.2) is 45.3 Å². The Balaban J connectivity index is 1.35. The lowest BCUT2D eigenvalue weighted by atomic mass is 10.1. The largest absolute Gasteiger partial charge is 0.492 e. The Morgan fingerprint density at radius 2 is 2.00 bits per heavy atom. The van der Waals surface area contributed by atoms with E-state index < -0.39 is 0 Å². The van der Waals surface area contributed by atoms with Crippen molar-refractivity contribution in [1.82, 2.24) is 10.6 Å². The fourth-order valence-corrected chi connectivity index (χ4v) is 3.72. The molecule has 2 heterocycles. The maximum absolute atomic E-state index is 5.70. The third-order valence-corrected chi connectivity index (χ3v) is 5.21. The van der Waals surface area contributed by atoms with Gasteiger partial charge in [0.25, 0.3) is 0 Å². The van der Waals surface area contributed by atoms with Crippen molar-refractivity contribution in [3.63, 3.8) is 0 Å². The van der Waals surface area contributed by atoms with Gasteiger partial charge in [0.05, 0.1) is 11.5 Å². The van der Waals surface area contributed by atoms with Crippen LogP contribution in [0.4, 0.5) is 5.00 Å². The number of para-hydroxylation sites is 1. The van der Waals surface area contributed by atoms with E-state index in [1.54, 1.807) is 0 Å². The van der Waals surface area contributed by atoms with Crippen molar-refractivity contribution in [2.24, 2.45) is 4.99 Å². The van der Waals surface area contributed by atoms with E-state index in [4.69, 9.17) is 4.74 Å². The van der Waals surface area contributed by atoms with Crippen LogP contribution < -0.4 is 20.3 Å². The topological polar surface area (TPSA) is 48.9 Å². The number of nitrogens with zero attached hydrogens (tertiary/aromatic N) is 2. The Labute approximate surface area is 153 Å². The minimum absolute atomic E-state index is 0.470. The highest BCUT2D eigenvalue weighted by molar-refractivity contribution is 7.14. The molecule has 3 rings (SSSR count). The maximum atomic E-state index is 5.70. The number of anilines is 1. The number of ether oxygens (including phenoxy) is 1. The van der Waals surface area contributed by atoms with Crippen LogP contribution >= 0.6 is 11.3 Å². The normalized spacial score (nSPS) is 15.9. The van der Waals surface area contributed by atoms with Crippen LogP contribution in [-0.2, 0) is 0 Å². The highest BCUT2D eigenvalue weighted by atomic mass is 32.1. The van der Waals surface area contributed by atoms with Crippen LogP contribution in [0.2, 0.25) is 0 Å². The predicted octanol–water partition coefficient (Wildman–Crippen LogP) is 2.96. The zero-order valence-electron chi connectivity index (χ0n) is 14.6. The summed E-state index contributed by atoms with van der Waals surface area (Å²) in [7, 11) is 1.81. The van der Waals surface area contributed by atoms with Gasteiger partial charge in [-0.3, -0.25) is 4.99 Å². The van der Waals surface area contributed by atoms with E-state index in [1.165, 1.54) is 5.00 Å². The molecule has 1 saturated heterocycles. The molecule has 1 aliphatic heterocycles. The second kappa shape index (κ2) is 9.32. The molecule has 0 aliphatic carbocycles. The Morgan fingerprint density at radius 1 is 1.20 bits per heavy atom. The van der Waals surface area contributed by atoms with Crippen molar-refractivity contribution in [3.05, 3.63) is 47.8 Å². The number of hydrogen-bond acceptors (Lipinski definition) is 4. The SMILES string of the molecule is CN=C(NCCOc1ccccc1)NC1CCN(c2cccs2)CC1. The number of guanidine groups is 1. The van der Waals surface area contributed by atoms with Crippen molar-refractivity contribution < 1.29 is 4.74 Å². The second-order valence-electron chi connectivity index (χ2n) is 6.02. The molecule has 2 aromatic rings. The predicted molar refractivity (Wildman–Crippen MR) is 106 cm³/mol. The number of thiophene rings is 1. The molecule has 0 radical (unpaired) electrons. The molecule has 25 heavy (non-hydrogen) atoms. The Morgan fingerprint density at radius 3 is 2.68 bits per heavy atom. The maximum Gasteiger partial charge on any atom is 0.191 e. The molecule has 2 N–H and O–H groups in total. The van der Waals surface area contributed by atoms with Crippen LogP contribution in [0.5, 0.6) is 5.75 Å². The molecular weight excluding hydrogens is 332 g/mol. The fourth-order valence-electron chi connectivity index (χ4n) is 2.94. The highest BCUT2D eigenvalue weighted by Crippen LogP contribution is 2.24. The van der Waals surface area contributed by atoms with E-state index in [0.717, 1.165) is 44.2 Å². The molecule has 0 spiro atoms. The van der Waals surface area contributed by atoms with Crippen molar-refractivity contribution in [2.75, 3.05) is 38.2 Å². The molecular formula is C19H26N4OS. The number of aliphatic imine (C=N–C) groups is 1. The summed E-state index contributed by atoms with van der Waals surface area (Å²) in [6.07, 6.45) is 2.25. The molecule has 1 aliphatic rings. The quantitative estimate of drug-likeness (QED) is 0.474. The van der Waals surface area contributed by atoms with Gasteiger partial charge in [-0.2, -0.15) is 0 Å². The van der Waals surface area contributed by atoms with Crippen LogP contribution in [0.3, 0.4) is 0 Å². The van der Waals surface area contributed by atoms with E-state index in [-0.39, 0.29) is 0 Å². The van der Waals surface area contributed by atoms with Gasteiger partial charge in [-0.15, -0.1) is 11.3 Å². The average molecular weight is 359 g/mol. The zero-order valence-corrected chi connectivity index (χ0v) is 15.5. The molecule has 134 valence electrons. The standard InChI is InChI=1S/C19H26N4OS/c1-20-19(21-11-14-24-17-6-3-2-4-7-17)22-16-9-12-23(13-10-16)18-8-5-15-25-18/h2-8,15-16H,9-14H2,1H3,(H2,20,21,22). The van der Waals surface area contributed by atoms with Crippen LogP contribution in [0.25, 0.3) is 0 Å². The minimum atomic E-state index is 0.470. The lowest BCUT2D eigenvalue weighted by Crippen LogP contribution is -2.49. The van der Waals surface area contributed by atoms with E-state index in [1.807, 2.05) is 48.7 Å². The van der Waals surface area contributed by atoms with E-state index in [9.17, 15) is 0 Å². The Kier molecular flexibility index (Phi) is 6.56. The summed E-state index contributed by atoms with van der Waals surface area (Å²) in [5.41, 5.74) is 0. The molecule has 0 amide bonds. The van der Waals surface area contributed by atoms with Gasteiger partial charge in [0.2, 0.25) is 0 Å². The molecule has 0 bridgehead atoms. The van der Waals surface area contributed by atoms with Gasteiger partial charge >= 0.3 is 0 Å². The van der Waals surface area contributed by atoms with Crippen molar-refractivity contribution in [2.45, 2.75) is 18.9 Å². The second-order valence-corrected chi connectivity index (χ2v) is 6.94. The third kappa shape index (κ3) is 5.39. The van der Waals surface area contributed by atoms with Gasteiger partial charge in [0, 0.05) is 26.2 Å². The highest BCUT2D eigenvalue weighted by Gasteiger charge is 2.20. The summed E-state index contributed by atoms with van der Waals surface area (Å²) in [4.78, 5) is 6.79. The summed E-state index contributed by atoms with van der Waals surface area (Å²) < 4.78 is 5.70. The molecule has 6 heteroatoms. The molecule has 0 unspecified atom stereocenters. The van der Waals surface area contributed by atoms with Gasteiger partial charge in [-0.05, 0) is 42.5 Å². The smallest absolute Gasteiger partial charge is 0.191 e. The van der Waals surface area contributed by atoms with Gasteiger partial charge in [-0.25, -0.2) is 0 Å². The van der Waals surface area contributed by atoms with E-state index in [2.05, 4.69) is 38.0 Å². The van der Waals surface area contributed by atoms with Crippen molar-refractivity contribution in [3.8, 4) is 5.75 Å². The molecule has 1 fully saturated rings. The zero-order chi connectivity index (χ0) is 17.3. The monoisotopic (exact) mass is 358 g/mol. The summed E-state index contributed by atoms with van der Waals surface area (Å²) in [5, 5.41) is 10.4. The van der Waals surface area contributed by atoms with Crippen LogP contribution in [0, 0.1) is 0 Å². The van der Waals surface area contributed by atoms with Crippen LogP contribution in [0.15, 0.2) is 52.8 Å². The average Bonchev–Trinajstić information content (AvgIpc) is 3.20. The first kappa shape index (κ1) is 17.6. The first-order valence-corrected chi connectivity index (χ1v) is 9.66. The third-order valence-electron chi connectivity index (χ3n) is 4.28. The van der Waals surface area contributed by atoms with Crippen molar-refractivity contribution >= 4 is 22.3 Å². The van der Waals surface area contributed by atoms with Crippen LogP contribution in [0.1, 0.15) is 12.8 Å². The first-order chi connectivity index (χ1) is 12.3. The number of hydrogen-bond donors (Lipinski definition) is 2. The summed E-state index contributed by atoms with van der Waals surface area (Å²) in [5.74, 6) is 1.75.